The Hall–Kier alpha value is -0.0800. The SMILES string of the molecule is CC(C)(C)C(N)CCNC1C2C3CCC(C3)C12. The lowest BCUT2D eigenvalue weighted by Gasteiger charge is -2.27. The molecule has 98 valence electrons. The van der Waals surface area contributed by atoms with E-state index in [0.717, 1.165) is 42.7 Å². The van der Waals surface area contributed by atoms with Crippen molar-refractivity contribution in [3.8, 4) is 0 Å². The fourth-order valence-corrected chi connectivity index (χ4v) is 4.44. The van der Waals surface area contributed by atoms with Gasteiger partial charge in [0.05, 0.1) is 0 Å². The summed E-state index contributed by atoms with van der Waals surface area (Å²) < 4.78 is 0. The zero-order valence-corrected chi connectivity index (χ0v) is 11.6. The molecule has 0 amide bonds. The number of hydrogen-bond acceptors (Lipinski definition) is 2. The molecule has 2 nitrogen and oxygen atoms in total. The van der Waals surface area contributed by atoms with E-state index in [0.29, 0.717) is 6.04 Å². The van der Waals surface area contributed by atoms with E-state index >= 15 is 0 Å². The molecule has 2 bridgehead atoms. The minimum atomic E-state index is 0.250. The highest BCUT2D eigenvalue weighted by atomic mass is 15.0. The van der Waals surface area contributed by atoms with Crippen molar-refractivity contribution in [1.82, 2.24) is 5.32 Å². The van der Waals surface area contributed by atoms with Crippen LogP contribution in [0.3, 0.4) is 0 Å². The van der Waals surface area contributed by atoms with Crippen LogP contribution in [0.25, 0.3) is 0 Å². The molecule has 0 aliphatic heterocycles. The molecule has 0 radical (unpaired) electrons. The van der Waals surface area contributed by atoms with Gasteiger partial charge in [0.2, 0.25) is 0 Å². The number of rotatable bonds is 4. The molecule has 17 heavy (non-hydrogen) atoms. The number of fused-ring (bicyclic) bond motifs is 5. The van der Waals surface area contributed by atoms with E-state index in [1.807, 2.05) is 0 Å². The van der Waals surface area contributed by atoms with Gasteiger partial charge in [0.1, 0.15) is 0 Å². The quantitative estimate of drug-likeness (QED) is 0.786. The Balaban J connectivity index is 1.40. The summed E-state index contributed by atoms with van der Waals surface area (Å²) in [7, 11) is 0. The van der Waals surface area contributed by atoms with Crippen molar-refractivity contribution in [2.45, 2.75) is 58.5 Å². The lowest BCUT2D eigenvalue weighted by molar-refractivity contribution is 0.300. The molecule has 5 atom stereocenters. The van der Waals surface area contributed by atoms with Crippen LogP contribution in [0.15, 0.2) is 0 Å². The lowest BCUT2D eigenvalue weighted by Crippen LogP contribution is -2.38. The Morgan fingerprint density at radius 3 is 2.29 bits per heavy atom. The second kappa shape index (κ2) is 3.96. The Kier molecular flexibility index (Phi) is 2.79. The van der Waals surface area contributed by atoms with Gasteiger partial charge in [-0.3, -0.25) is 0 Å². The van der Waals surface area contributed by atoms with Gasteiger partial charge in [-0.2, -0.15) is 0 Å². The van der Waals surface area contributed by atoms with Crippen LogP contribution in [-0.2, 0) is 0 Å². The molecule has 3 aliphatic rings. The monoisotopic (exact) mass is 236 g/mol. The van der Waals surface area contributed by atoms with Crippen LogP contribution < -0.4 is 11.1 Å². The fraction of sp³-hybridized carbons (Fsp3) is 1.00. The largest absolute Gasteiger partial charge is 0.327 e. The molecule has 3 aliphatic carbocycles. The van der Waals surface area contributed by atoms with Crippen LogP contribution in [0.2, 0.25) is 0 Å². The van der Waals surface area contributed by atoms with Gasteiger partial charge in [0, 0.05) is 12.1 Å². The third-order valence-electron chi connectivity index (χ3n) is 5.68. The summed E-state index contributed by atoms with van der Waals surface area (Å²) in [5.41, 5.74) is 6.45. The van der Waals surface area contributed by atoms with Crippen molar-refractivity contribution in [2.24, 2.45) is 34.8 Å². The first kappa shape index (κ1) is 12.0. The average molecular weight is 236 g/mol. The first-order valence-electron chi connectivity index (χ1n) is 7.47. The predicted octanol–water partition coefficient (Wildman–Crippen LogP) is 2.38. The van der Waals surface area contributed by atoms with Gasteiger partial charge in [0.25, 0.3) is 0 Å². The summed E-state index contributed by atoms with van der Waals surface area (Å²) >= 11 is 0. The van der Waals surface area contributed by atoms with E-state index in [1.165, 1.54) is 12.8 Å². The molecule has 3 saturated carbocycles. The van der Waals surface area contributed by atoms with Crippen LogP contribution >= 0.6 is 0 Å². The molecule has 3 fully saturated rings. The predicted molar refractivity (Wildman–Crippen MR) is 71.6 cm³/mol. The van der Waals surface area contributed by atoms with Crippen molar-refractivity contribution in [3.63, 3.8) is 0 Å². The third-order valence-corrected chi connectivity index (χ3v) is 5.68. The maximum absolute atomic E-state index is 6.20. The molecular weight excluding hydrogens is 208 g/mol. The smallest absolute Gasteiger partial charge is 0.0136 e. The zero-order chi connectivity index (χ0) is 12.2. The Morgan fingerprint density at radius 1 is 1.18 bits per heavy atom. The van der Waals surface area contributed by atoms with Gasteiger partial charge in [0.15, 0.2) is 0 Å². The molecule has 0 spiro atoms. The summed E-state index contributed by atoms with van der Waals surface area (Å²) in [4.78, 5) is 0. The van der Waals surface area contributed by atoms with E-state index in [-0.39, 0.29) is 5.41 Å². The van der Waals surface area contributed by atoms with Gasteiger partial charge in [-0.05, 0) is 61.3 Å². The molecule has 0 aromatic rings. The highest BCUT2D eigenvalue weighted by Gasteiger charge is 2.64. The van der Waals surface area contributed by atoms with E-state index in [9.17, 15) is 0 Å². The molecule has 0 aromatic heterocycles. The molecule has 5 unspecified atom stereocenters. The molecule has 2 heteroatoms. The van der Waals surface area contributed by atoms with Crippen LogP contribution in [-0.4, -0.2) is 18.6 Å². The summed E-state index contributed by atoms with van der Waals surface area (Å²) in [6, 6.07) is 1.19. The van der Waals surface area contributed by atoms with Gasteiger partial charge >= 0.3 is 0 Å². The Morgan fingerprint density at radius 2 is 1.76 bits per heavy atom. The molecule has 3 N–H and O–H groups in total. The van der Waals surface area contributed by atoms with Gasteiger partial charge < -0.3 is 11.1 Å². The second-order valence-electron chi connectivity index (χ2n) is 7.73. The van der Waals surface area contributed by atoms with Crippen molar-refractivity contribution < 1.29 is 0 Å². The molecule has 3 rings (SSSR count). The maximum Gasteiger partial charge on any atom is 0.0136 e. The van der Waals surface area contributed by atoms with E-state index in [2.05, 4.69) is 26.1 Å². The molecule has 0 aromatic carbocycles. The van der Waals surface area contributed by atoms with Gasteiger partial charge in [-0.1, -0.05) is 20.8 Å². The highest BCUT2D eigenvalue weighted by Crippen LogP contribution is 2.65. The Bertz CT molecular complexity index is 278. The van der Waals surface area contributed by atoms with Crippen LogP contribution in [0.1, 0.15) is 46.5 Å². The van der Waals surface area contributed by atoms with E-state index in [4.69, 9.17) is 5.73 Å². The number of nitrogens with two attached hydrogens (primary N) is 1. The van der Waals surface area contributed by atoms with Crippen LogP contribution in [0, 0.1) is 29.1 Å². The minimum Gasteiger partial charge on any atom is -0.327 e. The van der Waals surface area contributed by atoms with Crippen molar-refractivity contribution in [1.29, 1.82) is 0 Å². The van der Waals surface area contributed by atoms with Crippen molar-refractivity contribution in [3.05, 3.63) is 0 Å². The summed E-state index contributed by atoms with van der Waals surface area (Å²) in [5.74, 6) is 4.27. The number of nitrogens with one attached hydrogen (secondary N) is 1. The average Bonchev–Trinajstić information content (AvgIpc) is 2.67. The third kappa shape index (κ3) is 2.04. The standard InChI is InChI=1S/C15H28N2/c1-15(2,3)11(16)6-7-17-14-12-9-4-5-10(8-9)13(12)14/h9-14,17H,4-8,16H2,1-3H3. The van der Waals surface area contributed by atoms with E-state index < -0.39 is 0 Å². The summed E-state index contributed by atoms with van der Waals surface area (Å²) in [5, 5.41) is 3.78. The summed E-state index contributed by atoms with van der Waals surface area (Å²) in [6.45, 7) is 7.84. The zero-order valence-electron chi connectivity index (χ0n) is 11.6. The van der Waals surface area contributed by atoms with Crippen molar-refractivity contribution in [2.75, 3.05) is 6.54 Å². The highest BCUT2D eigenvalue weighted by molar-refractivity contribution is 5.16. The molecular formula is C15H28N2. The normalized spacial score (nSPS) is 44.8. The van der Waals surface area contributed by atoms with Gasteiger partial charge in [-0.25, -0.2) is 0 Å². The molecule has 0 saturated heterocycles. The van der Waals surface area contributed by atoms with Crippen molar-refractivity contribution >= 4 is 0 Å². The van der Waals surface area contributed by atoms with Crippen LogP contribution in [0.5, 0.6) is 0 Å². The summed E-state index contributed by atoms with van der Waals surface area (Å²) in [6.07, 6.45) is 5.71. The topological polar surface area (TPSA) is 38.0 Å². The first-order chi connectivity index (χ1) is 7.98. The minimum absolute atomic E-state index is 0.250. The van der Waals surface area contributed by atoms with Gasteiger partial charge in [-0.15, -0.1) is 0 Å². The number of hydrogen-bond donors (Lipinski definition) is 2. The Labute approximate surface area is 106 Å². The molecule has 0 heterocycles. The second-order valence-corrected chi connectivity index (χ2v) is 7.73. The fourth-order valence-electron chi connectivity index (χ4n) is 4.44. The first-order valence-corrected chi connectivity index (χ1v) is 7.47. The lowest BCUT2D eigenvalue weighted by atomic mass is 9.85. The maximum atomic E-state index is 6.20. The van der Waals surface area contributed by atoms with E-state index in [1.54, 1.807) is 6.42 Å². The van der Waals surface area contributed by atoms with Crippen LogP contribution in [0.4, 0.5) is 0 Å².